The van der Waals surface area contributed by atoms with Gasteiger partial charge in [-0.15, -0.1) is 6.42 Å². The molecule has 116 valence electrons. The van der Waals surface area contributed by atoms with Crippen LogP contribution in [0.25, 0.3) is 11.1 Å². The van der Waals surface area contributed by atoms with Crippen molar-refractivity contribution in [2.75, 3.05) is 5.73 Å². The molecule has 0 spiro atoms. The van der Waals surface area contributed by atoms with Crippen molar-refractivity contribution in [3.8, 4) is 23.5 Å². The number of pyridine rings is 1. The SMILES string of the molecule is C#Cc1cccc(-c2c(C(=O)O)c(N)[nH]c(=O)c2C(=O)O)c1F. The summed E-state index contributed by atoms with van der Waals surface area (Å²) < 4.78 is 14.4. The third kappa shape index (κ3) is 2.51. The molecule has 1 aromatic heterocycles. The summed E-state index contributed by atoms with van der Waals surface area (Å²) in [6.45, 7) is 0. The number of nitrogens with one attached hydrogen (secondary N) is 1. The third-order valence-electron chi connectivity index (χ3n) is 3.10. The number of aromatic nitrogens is 1. The molecule has 0 fully saturated rings. The zero-order valence-corrected chi connectivity index (χ0v) is 11.4. The van der Waals surface area contributed by atoms with Crippen LogP contribution >= 0.6 is 0 Å². The quantitative estimate of drug-likeness (QED) is 0.627. The number of anilines is 1. The molecule has 1 aromatic carbocycles. The lowest BCUT2D eigenvalue weighted by Crippen LogP contribution is -2.24. The van der Waals surface area contributed by atoms with Gasteiger partial charge in [-0.1, -0.05) is 18.1 Å². The standard InChI is InChI=1S/C15H9FN2O5/c1-2-6-4-3-5-7(11(6)16)8-9(14(20)21)12(17)18-13(19)10(8)15(22)23/h1,3-5H,(H,20,21)(H,22,23)(H3,17,18,19). The lowest BCUT2D eigenvalue weighted by molar-refractivity contribution is 0.0695. The van der Waals surface area contributed by atoms with E-state index in [1.165, 1.54) is 12.1 Å². The van der Waals surface area contributed by atoms with Gasteiger partial charge in [-0.25, -0.2) is 14.0 Å². The van der Waals surface area contributed by atoms with Crippen LogP contribution in [0.2, 0.25) is 0 Å². The number of halogens is 1. The Labute approximate surface area is 128 Å². The molecule has 7 nitrogen and oxygen atoms in total. The molecule has 0 aliphatic heterocycles. The van der Waals surface area contributed by atoms with E-state index in [9.17, 15) is 29.0 Å². The summed E-state index contributed by atoms with van der Waals surface area (Å²) in [7, 11) is 0. The van der Waals surface area contributed by atoms with Crippen LogP contribution in [0, 0.1) is 18.2 Å². The maximum absolute atomic E-state index is 14.4. The Hall–Kier alpha value is -3.60. The van der Waals surface area contributed by atoms with Gasteiger partial charge in [0.2, 0.25) is 0 Å². The Morgan fingerprint density at radius 2 is 1.83 bits per heavy atom. The molecule has 5 N–H and O–H groups in total. The first-order chi connectivity index (χ1) is 10.8. The minimum Gasteiger partial charge on any atom is -0.478 e. The van der Waals surface area contributed by atoms with E-state index in [-0.39, 0.29) is 5.56 Å². The molecule has 0 radical (unpaired) electrons. The maximum Gasteiger partial charge on any atom is 0.342 e. The molecule has 0 saturated carbocycles. The minimum absolute atomic E-state index is 0.214. The molecule has 2 rings (SSSR count). The first-order valence-corrected chi connectivity index (χ1v) is 6.07. The third-order valence-corrected chi connectivity index (χ3v) is 3.10. The van der Waals surface area contributed by atoms with Gasteiger partial charge in [-0.3, -0.25) is 4.79 Å². The summed E-state index contributed by atoms with van der Waals surface area (Å²) in [5.74, 6) is -2.92. The highest BCUT2D eigenvalue weighted by Crippen LogP contribution is 2.32. The highest BCUT2D eigenvalue weighted by molar-refractivity contribution is 6.07. The van der Waals surface area contributed by atoms with Gasteiger partial charge in [-0.2, -0.15) is 0 Å². The van der Waals surface area contributed by atoms with E-state index >= 15 is 0 Å². The van der Waals surface area contributed by atoms with Crippen molar-refractivity contribution in [2.45, 2.75) is 0 Å². The van der Waals surface area contributed by atoms with E-state index in [4.69, 9.17) is 12.2 Å². The van der Waals surface area contributed by atoms with Crippen LogP contribution in [0.4, 0.5) is 10.2 Å². The normalized spacial score (nSPS) is 10.1. The topological polar surface area (TPSA) is 133 Å². The predicted molar refractivity (Wildman–Crippen MR) is 78.7 cm³/mol. The Morgan fingerprint density at radius 1 is 1.22 bits per heavy atom. The average Bonchev–Trinajstić information content (AvgIpc) is 2.45. The molecule has 0 amide bonds. The first-order valence-electron chi connectivity index (χ1n) is 6.07. The summed E-state index contributed by atoms with van der Waals surface area (Å²) in [5.41, 5.74) is 1.35. The lowest BCUT2D eigenvalue weighted by atomic mass is 9.93. The van der Waals surface area contributed by atoms with E-state index in [1.807, 2.05) is 10.9 Å². The Kier molecular flexibility index (Phi) is 3.88. The van der Waals surface area contributed by atoms with Gasteiger partial charge in [0.05, 0.1) is 5.56 Å². The highest BCUT2D eigenvalue weighted by Gasteiger charge is 2.28. The van der Waals surface area contributed by atoms with E-state index in [1.54, 1.807) is 0 Å². The van der Waals surface area contributed by atoms with Crippen LogP contribution in [0.1, 0.15) is 26.3 Å². The summed E-state index contributed by atoms with van der Waals surface area (Å²) in [5, 5.41) is 18.5. The lowest BCUT2D eigenvalue weighted by Gasteiger charge is -2.13. The number of H-pyrrole nitrogens is 1. The van der Waals surface area contributed by atoms with Gasteiger partial charge in [0.25, 0.3) is 5.56 Å². The monoisotopic (exact) mass is 316 g/mol. The van der Waals surface area contributed by atoms with Crippen molar-refractivity contribution in [3.63, 3.8) is 0 Å². The van der Waals surface area contributed by atoms with Crippen molar-refractivity contribution in [1.82, 2.24) is 4.98 Å². The van der Waals surface area contributed by atoms with Crippen LogP contribution in [-0.4, -0.2) is 27.1 Å². The summed E-state index contributed by atoms with van der Waals surface area (Å²) >= 11 is 0. The number of carboxylic acid groups (broad SMARTS) is 2. The molecule has 2 aromatic rings. The largest absolute Gasteiger partial charge is 0.478 e. The number of aromatic carboxylic acids is 2. The molecule has 0 unspecified atom stereocenters. The van der Waals surface area contributed by atoms with Crippen molar-refractivity contribution < 1.29 is 24.2 Å². The number of nitrogen functional groups attached to an aromatic ring is 1. The van der Waals surface area contributed by atoms with Crippen molar-refractivity contribution >= 4 is 17.8 Å². The summed E-state index contributed by atoms with van der Waals surface area (Å²) in [6.07, 6.45) is 5.14. The van der Waals surface area contributed by atoms with Gasteiger partial charge in [0.15, 0.2) is 0 Å². The number of benzene rings is 1. The number of hydrogen-bond donors (Lipinski definition) is 4. The average molecular weight is 316 g/mol. The summed E-state index contributed by atoms with van der Waals surface area (Å²) in [6, 6.07) is 3.67. The molecule has 0 aliphatic carbocycles. The molecule has 0 bridgehead atoms. The van der Waals surface area contributed by atoms with Gasteiger partial charge in [0, 0.05) is 11.1 Å². The van der Waals surface area contributed by atoms with Gasteiger partial charge >= 0.3 is 11.9 Å². The fraction of sp³-hybridized carbons (Fsp3) is 0. The highest BCUT2D eigenvalue weighted by atomic mass is 19.1. The van der Waals surface area contributed by atoms with E-state index in [0.717, 1.165) is 6.07 Å². The van der Waals surface area contributed by atoms with Crippen LogP contribution in [0.3, 0.4) is 0 Å². The van der Waals surface area contributed by atoms with Crippen LogP contribution < -0.4 is 11.3 Å². The molecular formula is C15H9FN2O5. The molecule has 23 heavy (non-hydrogen) atoms. The zero-order chi connectivity index (χ0) is 17.3. The molecule has 0 aliphatic rings. The number of hydrogen-bond acceptors (Lipinski definition) is 4. The summed E-state index contributed by atoms with van der Waals surface area (Å²) in [4.78, 5) is 36.5. The Bertz CT molecular complexity index is 940. The van der Waals surface area contributed by atoms with E-state index < -0.39 is 51.4 Å². The zero-order valence-electron chi connectivity index (χ0n) is 11.4. The molecule has 8 heteroatoms. The Morgan fingerprint density at radius 3 is 2.35 bits per heavy atom. The van der Waals surface area contributed by atoms with Crippen LogP contribution in [0.15, 0.2) is 23.0 Å². The molecule has 0 atom stereocenters. The van der Waals surface area contributed by atoms with Crippen molar-refractivity contribution in [2.24, 2.45) is 0 Å². The van der Waals surface area contributed by atoms with Gasteiger partial charge in [-0.05, 0) is 6.07 Å². The number of carboxylic acids is 2. The van der Waals surface area contributed by atoms with Crippen molar-refractivity contribution in [3.05, 3.63) is 51.1 Å². The molecular weight excluding hydrogens is 307 g/mol. The Balaban J connectivity index is 3.08. The smallest absolute Gasteiger partial charge is 0.342 e. The molecule has 0 saturated heterocycles. The predicted octanol–water partition coefficient (Wildman–Crippen LogP) is 1.14. The minimum atomic E-state index is -1.73. The van der Waals surface area contributed by atoms with E-state index in [2.05, 4.69) is 0 Å². The number of terminal acetylenes is 1. The second-order valence-corrected chi connectivity index (χ2v) is 4.41. The number of rotatable bonds is 3. The van der Waals surface area contributed by atoms with Crippen LogP contribution in [-0.2, 0) is 0 Å². The number of aromatic amines is 1. The van der Waals surface area contributed by atoms with Gasteiger partial charge < -0.3 is 20.9 Å². The molecule has 1 heterocycles. The first kappa shape index (κ1) is 15.8. The fourth-order valence-electron chi connectivity index (χ4n) is 2.15. The van der Waals surface area contributed by atoms with Crippen molar-refractivity contribution in [1.29, 1.82) is 0 Å². The van der Waals surface area contributed by atoms with E-state index in [0.29, 0.717) is 0 Å². The van der Waals surface area contributed by atoms with Gasteiger partial charge in [0.1, 0.15) is 22.8 Å². The number of nitrogens with two attached hydrogens (primary N) is 1. The van der Waals surface area contributed by atoms with Crippen LogP contribution in [0.5, 0.6) is 0 Å². The second kappa shape index (κ2) is 5.65. The fourth-order valence-corrected chi connectivity index (χ4v) is 2.15. The maximum atomic E-state index is 14.4. The number of carbonyl (C=O) groups is 2. The second-order valence-electron chi connectivity index (χ2n) is 4.41.